The van der Waals surface area contributed by atoms with Crippen LogP contribution >= 0.6 is 0 Å². The van der Waals surface area contributed by atoms with E-state index in [1.54, 1.807) is 24.3 Å². The molecule has 9 heteroatoms. The van der Waals surface area contributed by atoms with Crippen LogP contribution in [0.15, 0.2) is 59.0 Å². The van der Waals surface area contributed by atoms with Crippen molar-refractivity contribution in [2.75, 3.05) is 19.4 Å². The summed E-state index contributed by atoms with van der Waals surface area (Å²) in [5.74, 6) is 0.643. The van der Waals surface area contributed by atoms with E-state index in [1.165, 1.54) is 0 Å². The van der Waals surface area contributed by atoms with Gasteiger partial charge in [-0.2, -0.15) is 4.31 Å². The molecule has 8 nitrogen and oxygen atoms in total. The van der Waals surface area contributed by atoms with Gasteiger partial charge in [-0.3, -0.25) is 4.79 Å². The lowest BCUT2D eigenvalue weighted by atomic mass is 10.2. The van der Waals surface area contributed by atoms with E-state index in [0.29, 0.717) is 30.2 Å². The zero-order chi connectivity index (χ0) is 22.4. The molecule has 0 radical (unpaired) electrons. The lowest BCUT2D eigenvalue weighted by Gasteiger charge is -2.18. The highest BCUT2D eigenvalue weighted by molar-refractivity contribution is 7.88. The molecule has 0 saturated carbocycles. The molecule has 0 aliphatic rings. The zero-order valence-electron chi connectivity index (χ0n) is 17.3. The molecule has 0 aliphatic carbocycles. The molecule has 1 heterocycles. The van der Waals surface area contributed by atoms with Gasteiger partial charge in [0.25, 0.3) is 0 Å². The van der Waals surface area contributed by atoms with Crippen LogP contribution in [0.2, 0.25) is 0 Å². The smallest absolute Gasteiger partial charge is 0.318 e. The van der Waals surface area contributed by atoms with Crippen LogP contribution in [0, 0.1) is 6.92 Å². The van der Waals surface area contributed by atoms with Crippen molar-refractivity contribution in [2.24, 2.45) is 0 Å². The summed E-state index contributed by atoms with van der Waals surface area (Å²) < 4.78 is 36.1. The number of carbonyl (C=O) groups is 1. The van der Waals surface area contributed by atoms with Crippen LogP contribution in [0.4, 0.5) is 0 Å². The highest BCUT2D eigenvalue weighted by Crippen LogP contribution is 2.22. The summed E-state index contributed by atoms with van der Waals surface area (Å²) in [4.78, 5) is 15.5. The van der Waals surface area contributed by atoms with Crippen LogP contribution in [0.3, 0.4) is 0 Å². The Morgan fingerprint density at radius 1 is 1.16 bits per heavy atom. The van der Waals surface area contributed by atoms with Gasteiger partial charge in [0.15, 0.2) is 0 Å². The van der Waals surface area contributed by atoms with Crippen molar-refractivity contribution in [2.45, 2.75) is 19.9 Å². The summed E-state index contributed by atoms with van der Waals surface area (Å²) in [5, 5.41) is 8.96. The molecule has 1 aromatic heterocycles. The number of nitrogens with zero attached hydrogens (tertiary/aromatic N) is 2. The van der Waals surface area contributed by atoms with E-state index < -0.39 is 22.5 Å². The summed E-state index contributed by atoms with van der Waals surface area (Å²) in [5.41, 5.74) is 2.34. The summed E-state index contributed by atoms with van der Waals surface area (Å²) in [6, 6.07) is 16.6. The van der Waals surface area contributed by atoms with Crippen molar-refractivity contribution in [3.63, 3.8) is 0 Å². The fourth-order valence-electron chi connectivity index (χ4n) is 3.01. The average molecular weight is 445 g/mol. The number of hydrogen-bond donors (Lipinski definition) is 1. The van der Waals surface area contributed by atoms with Gasteiger partial charge in [0, 0.05) is 18.5 Å². The number of aryl methyl sites for hydroxylation is 1. The molecule has 0 fully saturated rings. The number of carboxylic acids is 1. The van der Waals surface area contributed by atoms with Gasteiger partial charge < -0.3 is 14.3 Å². The number of carboxylic acid groups (broad SMARTS) is 1. The van der Waals surface area contributed by atoms with Crippen molar-refractivity contribution in [1.82, 2.24) is 9.29 Å². The van der Waals surface area contributed by atoms with Gasteiger partial charge in [-0.05, 0) is 36.8 Å². The fraction of sp³-hybridized carbons (Fsp3) is 0.273. The Morgan fingerprint density at radius 2 is 1.90 bits per heavy atom. The Labute approximate surface area is 181 Å². The highest BCUT2D eigenvalue weighted by atomic mass is 32.2. The Bertz CT molecular complexity index is 1140. The van der Waals surface area contributed by atoms with Crippen molar-refractivity contribution in [1.29, 1.82) is 0 Å². The van der Waals surface area contributed by atoms with Crippen LogP contribution in [-0.2, 0) is 27.8 Å². The third-order valence-corrected chi connectivity index (χ3v) is 5.76. The van der Waals surface area contributed by atoms with E-state index in [-0.39, 0.29) is 6.54 Å². The van der Waals surface area contributed by atoms with Crippen LogP contribution in [0.1, 0.15) is 17.0 Å². The van der Waals surface area contributed by atoms with Gasteiger partial charge in [0.1, 0.15) is 18.1 Å². The number of ether oxygens (including phenoxy) is 1. The molecule has 2 aromatic carbocycles. The number of hydrogen-bond acceptors (Lipinski definition) is 6. The summed E-state index contributed by atoms with van der Waals surface area (Å²) in [6.07, 6.45) is 1.53. The number of rotatable bonds is 10. The summed E-state index contributed by atoms with van der Waals surface area (Å²) >= 11 is 0. The third kappa shape index (κ3) is 6.40. The van der Waals surface area contributed by atoms with Crippen molar-refractivity contribution < 1.29 is 27.5 Å². The molecular formula is C22H24N2O6S. The fourth-order valence-corrected chi connectivity index (χ4v) is 3.74. The third-order valence-electron chi connectivity index (χ3n) is 4.56. The number of oxazole rings is 1. The van der Waals surface area contributed by atoms with Crippen LogP contribution in [0.5, 0.6) is 5.75 Å². The minimum Gasteiger partial charge on any atom is -0.493 e. The molecule has 1 N–H and O–H groups in total. The summed E-state index contributed by atoms with van der Waals surface area (Å²) in [7, 11) is -3.66. The topological polar surface area (TPSA) is 110 Å². The molecule has 3 rings (SSSR count). The minimum absolute atomic E-state index is 0.0504. The second kappa shape index (κ2) is 9.76. The molecule has 164 valence electrons. The molecule has 0 saturated heterocycles. The van der Waals surface area contributed by atoms with E-state index in [0.717, 1.165) is 27.6 Å². The number of aromatic nitrogens is 1. The average Bonchev–Trinajstić information content (AvgIpc) is 3.08. The molecule has 0 amide bonds. The Kier molecular flexibility index (Phi) is 7.09. The first-order valence-corrected chi connectivity index (χ1v) is 11.5. The largest absolute Gasteiger partial charge is 0.493 e. The molecule has 0 bridgehead atoms. The lowest BCUT2D eigenvalue weighted by molar-refractivity contribution is -0.137. The zero-order valence-corrected chi connectivity index (χ0v) is 18.1. The maximum atomic E-state index is 11.8. The van der Waals surface area contributed by atoms with Gasteiger partial charge in [-0.15, -0.1) is 0 Å². The van der Waals surface area contributed by atoms with Crippen LogP contribution in [-0.4, -0.2) is 48.2 Å². The van der Waals surface area contributed by atoms with Gasteiger partial charge >= 0.3 is 5.97 Å². The molecule has 0 spiro atoms. The van der Waals surface area contributed by atoms with Crippen molar-refractivity contribution >= 4 is 16.0 Å². The first-order chi connectivity index (χ1) is 14.7. The minimum atomic E-state index is -3.66. The molecule has 0 aliphatic heterocycles. The normalized spacial score (nSPS) is 11.6. The second-order valence-electron chi connectivity index (χ2n) is 7.06. The molecule has 31 heavy (non-hydrogen) atoms. The van der Waals surface area contributed by atoms with Gasteiger partial charge in [-0.25, -0.2) is 13.4 Å². The monoisotopic (exact) mass is 444 g/mol. The Hall–Kier alpha value is -3.17. The molecule has 3 aromatic rings. The molecular weight excluding hydrogens is 420 g/mol. The predicted octanol–water partition coefficient (Wildman–Crippen LogP) is 3.12. The standard InChI is InChI=1S/C22H24N2O6S/c1-16-20(23-22(30-16)18-8-4-3-5-9-18)11-12-29-19-10-6-7-17(13-19)14-24(15-21(25)26)31(2,27)28/h3-10,13H,11-12,14-15H2,1-2H3,(H,25,26). The molecule has 0 unspecified atom stereocenters. The van der Waals surface area contributed by atoms with E-state index in [9.17, 15) is 13.2 Å². The summed E-state index contributed by atoms with van der Waals surface area (Å²) in [6.45, 7) is 1.57. The van der Waals surface area contributed by atoms with Gasteiger partial charge in [-0.1, -0.05) is 30.3 Å². The second-order valence-corrected chi connectivity index (χ2v) is 9.04. The van der Waals surface area contributed by atoms with E-state index in [2.05, 4.69) is 4.98 Å². The van der Waals surface area contributed by atoms with Crippen LogP contribution in [0.25, 0.3) is 11.5 Å². The van der Waals surface area contributed by atoms with E-state index in [1.807, 2.05) is 37.3 Å². The maximum absolute atomic E-state index is 11.8. The van der Waals surface area contributed by atoms with E-state index in [4.69, 9.17) is 14.3 Å². The number of aliphatic carboxylic acids is 1. The first-order valence-electron chi connectivity index (χ1n) is 9.63. The van der Waals surface area contributed by atoms with Gasteiger partial charge in [0.05, 0.1) is 18.6 Å². The van der Waals surface area contributed by atoms with Crippen molar-refractivity contribution in [3.8, 4) is 17.2 Å². The first kappa shape index (κ1) is 22.5. The number of sulfonamides is 1. The lowest BCUT2D eigenvalue weighted by Crippen LogP contribution is -2.34. The molecule has 0 atom stereocenters. The quantitative estimate of drug-likeness (QED) is 0.512. The number of benzene rings is 2. The van der Waals surface area contributed by atoms with Gasteiger partial charge in [0.2, 0.25) is 15.9 Å². The van der Waals surface area contributed by atoms with E-state index >= 15 is 0 Å². The predicted molar refractivity (Wildman–Crippen MR) is 115 cm³/mol. The maximum Gasteiger partial charge on any atom is 0.318 e. The SMILES string of the molecule is Cc1oc(-c2ccccc2)nc1CCOc1cccc(CN(CC(=O)O)S(C)(=O)=O)c1. The highest BCUT2D eigenvalue weighted by Gasteiger charge is 2.20. The Balaban J connectivity index is 1.62. The van der Waals surface area contributed by atoms with Crippen LogP contribution < -0.4 is 4.74 Å². The Morgan fingerprint density at radius 3 is 2.58 bits per heavy atom. The van der Waals surface area contributed by atoms with Crippen molar-refractivity contribution in [3.05, 3.63) is 71.6 Å².